The van der Waals surface area contributed by atoms with Crippen LogP contribution in [0.2, 0.25) is 5.15 Å². The molecule has 0 spiro atoms. The van der Waals surface area contributed by atoms with E-state index < -0.39 is 16.2 Å². The van der Waals surface area contributed by atoms with Crippen molar-refractivity contribution in [1.29, 1.82) is 0 Å². The molecular formula is C14H15ClN4O5. The first kappa shape index (κ1) is 17.7. The van der Waals surface area contributed by atoms with E-state index in [2.05, 4.69) is 5.10 Å². The largest absolute Gasteiger partial charge is 0.467 e. The van der Waals surface area contributed by atoms with Gasteiger partial charge in [-0.05, 0) is 12.1 Å². The zero-order valence-corrected chi connectivity index (χ0v) is 14.0. The van der Waals surface area contributed by atoms with Crippen LogP contribution in [-0.2, 0) is 4.74 Å². The van der Waals surface area contributed by atoms with Gasteiger partial charge in [-0.3, -0.25) is 14.9 Å². The number of nitrogens with zero attached hydrogens (tertiary/aromatic N) is 4. The quantitative estimate of drug-likeness (QED) is 0.443. The first-order valence-electron chi connectivity index (χ1n) is 6.73. The Morgan fingerprint density at radius 2 is 2.12 bits per heavy atom. The van der Waals surface area contributed by atoms with Crippen LogP contribution in [0.5, 0.6) is 5.75 Å². The molecule has 0 N–H and O–H groups in total. The summed E-state index contributed by atoms with van der Waals surface area (Å²) in [6.45, 7) is 0.0201. The highest BCUT2D eigenvalue weighted by Crippen LogP contribution is 2.30. The van der Waals surface area contributed by atoms with Crippen molar-refractivity contribution in [3.05, 3.63) is 49.9 Å². The lowest BCUT2D eigenvalue weighted by atomic mass is 10.3. The summed E-state index contributed by atoms with van der Waals surface area (Å²) in [5.74, 6) is 0.415. The first-order valence-corrected chi connectivity index (χ1v) is 7.11. The predicted molar refractivity (Wildman–Crippen MR) is 88.3 cm³/mol. The Morgan fingerprint density at radius 3 is 2.71 bits per heavy atom. The Morgan fingerprint density at radius 1 is 1.42 bits per heavy atom. The van der Waals surface area contributed by atoms with Crippen molar-refractivity contribution < 1.29 is 14.4 Å². The zero-order chi connectivity index (χ0) is 17.9. The molecule has 0 amide bonds. The monoisotopic (exact) mass is 354 g/mol. The average Bonchev–Trinajstić information content (AvgIpc) is 2.53. The number of benzene rings is 1. The smallest absolute Gasteiger partial charge is 0.362 e. The van der Waals surface area contributed by atoms with E-state index in [4.69, 9.17) is 21.1 Å². The molecule has 0 aliphatic carbocycles. The van der Waals surface area contributed by atoms with Gasteiger partial charge in [-0.2, -0.15) is 4.68 Å². The fourth-order valence-corrected chi connectivity index (χ4v) is 2.38. The van der Waals surface area contributed by atoms with Gasteiger partial charge in [0.25, 0.3) is 0 Å². The molecule has 0 atom stereocenters. The maximum absolute atomic E-state index is 12.5. The molecule has 1 heterocycles. The molecule has 0 saturated heterocycles. The number of methoxy groups -OCH3 is 1. The van der Waals surface area contributed by atoms with Crippen LogP contribution < -0.4 is 15.2 Å². The minimum Gasteiger partial charge on any atom is -0.467 e. The van der Waals surface area contributed by atoms with Crippen molar-refractivity contribution >= 4 is 23.0 Å². The summed E-state index contributed by atoms with van der Waals surface area (Å²) in [6, 6.07) is 6.33. The van der Waals surface area contributed by atoms with Gasteiger partial charge in [0.1, 0.15) is 5.75 Å². The normalized spacial score (nSPS) is 10.5. The summed E-state index contributed by atoms with van der Waals surface area (Å²) in [5.41, 5.74) is -1.31. The Bertz CT molecular complexity index is 821. The van der Waals surface area contributed by atoms with E-state index >= 15 is 0 Å². The number of ether oxygens (including phenoxy) is 2. The van der Waals surface area contributed by atoms with Gasteiger partial charge >= 0.3 is 11.2 Å². The minimum atomic E-state index is -0.892. The van der Waals surface area contributed by atoms with Crippen molar-refractivity contribution in [2.24, 2.45) is 0 Å². The van der Waals surface area contributed by atoms with Crippen LogP contribution in [0.4, 0.5) is 11.4 Å². The van der Waals surface area contributed by atoms with E-state index in [1.165, 1.54) is 18.1 Å². The van der Waals surface area contributed by atoms with Crippen molar-refractivity contribution in [3.63, 3.8) is 0 Å². The van der Waals surface area contributed by atoms with E-state index in [-0.39, 0.29) is 23.3 Å². The Hall–Kier alpha value is -2.65. The second-order valence-corrected chi connectivity index (χ2v) is 5.26. The van der Waals surface area contributed by atoms with E-state index in [1.54, 1.807) is 32.3 Å². The third-order valence-electron chi connectivity index (χ3n) is 3.04. The SMILES string of the molecule is COCOc1cccc(-n2nc(Cl)c(N(C)C)c([N+](=O)[O-])c2=O)c1. The number of nitro groups is 1. The van der Waals surface area contributed by atoms with Crippen LogP contribution in [0, 0.1) is 10.1 Å². The van der Waals surface area contributed by atoms with Gasteiger partial charge in [-0.15, -0.1) is 5.10 Å². The van der Waals surface area contributed by atoms with Gasteiger partial charge in [0.05, 0.1) is 10.6 Å². The molecule has 1 aromatic carbocycles. The highest BCUT2D eigenvalue weighted by atomic mass is 35.5. The third kappa shape index (κ3) is 3.47. The van der Waals surface area contributed by atoms with E-state index in [0.29, 0.717) is 5.75 Å². The Labute approximate surface area is 142 Å². The maximum atomic E-state index is 12.5. The Balaban J connectivity index is 2.64. The second kappa shape index (κ2) is 7.28. The third-order valence-corrected chi connectivity index (χ3v) is 3.29. The van der Waals surface area contributed by atoms with Crippen molar-refractivity contribution in [2.45, 2.75) is 0 Å². The van der Waals surface area contributed by atoms with Crippen LogP contribution in [0.3, 0.4) is 0 Å². The van der Waals surface area contributed by atoms with Crippen molar-refractivity contribution in [1.82, 2.24) is 9.78 Å². The van der Waals surface area contributed by atoms with Gasteiger partial charge < -0.3 is 14.4 Å². The number of aromatic nitrogens is 2. The number of rotatable bonds is 6. The van der Waals surface area contributed by atoms with Gasteiger partial charge in [0.15, 0.2) is 17.6 Å². The molecule has 0 bridgehead atoms. The van der Waals surface area contributed by atoms with Gasteiger partial charge in [-0.25, -0.2) is 0 Å². The number of hydrogen-bond donors (Lipinski definition) is 0. The number of halogens is 1. The van der Waals surface area contributed by atoms with Crippen LogP contribution in [0.15, 0.2) is 29.1 Å². The minimum absolute atomic E-state index is 0.0201. The van der Waals surface area contributed by atoms with Crippen molar-refractivity contribution in [3.8, 4) is 11.4 Å². The molecule has 1 aromatic heterocycles. The van der Waals surface area contributed by atoms with Crippen LogP contribution in [-0.4, -0.2) is 42.7 Å². The molecule has 2 aromatic rings. The predicted octanol–water partition coefficient (Wildman–Crippen LogP) is 1.84. The van der Waals surface area contributed by atoms with Crippen molar-refractivity contribution in [2.75, 3.05) is 32.9 Å². The lowest BCUT2D eigenvalue weighted by Crippen LogP contribution is -2.27. The van der Waals surface area contributed by atoms with Crippen LogP contribution in [0.25, 0.3) is 5.69 Å². The zero-order valence-electron chi connectivity index (χ0n) is 13.2. The molecule has 0 saturated carbocycles. The summed E-state index contributed by atoms with van der Waals surface area (Å²) in [7, 11) is 4.55. The van der Waals surface area contributed by atoms with E-state index in [0.717, 1.165) is 4.68 Å². The standard InChI is InChI=1S/C14H15ClN4O5/c1-17(2)11-12(19(21)22)14(20)18(16-13(11)15)9-5-4-6-10(7-9)24-8-23-3/h4-7H,8H2,1-3H3. The fourth-order valence-electron chi connectivity index (χ4n) is 2.05. The van der Waals surface area contributed by atoms with E-state index in [9.17, 15) is 14.9 Å². The van der Waals surface area contributed by atoms with Gasteiger partial charge in [0.2, 0.25) is 0 Å². The molecule has 128 valence electrons. The molecule has 0 fully saturated rings. The molecular weight excluding hydrogens is 340 g/mol. The highest BCUT2D eigenvalue weighted by molar-refractivity contribution is 6.32. The molecule has 0 aliphatic rings. The topological polar surface area (TPSA) is 99.7 Å². The molecule has 9 nitrogen and oxygen atoms in total. The maximum Gasteiger partial charge on any atom is 0.362 e. The fraction of sp³-hybridized carbons (Fsp3) is 0.286. The van der Waals surface area contributed by atoms with Gasteiger partial charge in [-0.1, -0.05) is 17.7 Å². The van der Waals surface area contributed by atoms with Crippen LogP contribution >= 0.6 is 11.6 Å². The number of hydrogen-bond acceptors (Lipinski definition) is 7. The van der Waals surface area contributed by atoms with Gasteiger partial charge in [0, 0.05) is 27.3 Å². The molecule has 0 unspecified atom stereocenters. The molecule has 10 heteroatoms. The average molecular weight is 355 g/mol. The van der Waals surface area contributed by atoms with E-state index in [1.807, 2.05) is 0 Å². The summed E-state index contributed by atoms with van der Waals surface area (Å²) < 4.78 is 11.0. The second-order valence-electron chi connectivity index (χ2n) is 4.90. The lowest BCUT2D eigenvalue weighted by molar-refractivity contribution is -0.385. The Kier molecular flexibility index (Phi) is 5.37. The molecule has 0 radical (unpaired) electrons. The summed E-state index contributed by atoms with van der Waals surface area (Å²) in [4.78, 5) is 24.5. The van der Waals surface area contributed by atoms with Crippen LogP contribution in [0.1, 0.15) is 0 Å². The number of anilines is 1. The highest BCUT2D eigenvalue weighted by Gasteiger charge is 2.28. The molecule has 2 rings (SSSR count). The summed E-state index contributed by atoms with van der Waals surface area (Å²) in [5, 5.41) is 15.1. The summed E-state index contributed by atoms with van der Waals surface area (Å²) >= 11 is 6.05. The molecule has 0 aliphatic heterocycles. The summed E-state index contributed by atoms with van der Waals surface area (Å²) in [6.07, 6.45) is 0. The lowest BCUT2D eigenvalue weighted by Gasteiger charge is -2.15. The first-order chi connectivity index (χ1) is 11.4. The molecule has 24 heavy (non-hydrogen) atoms.